The van der Waals surface area contributed by atoms with E-state index < -0.39 is 0 Å². The molecule has 1 aliphatic rings. The maximum Gasteiger partial charge on any atom is 0.231 e. The largest absolute Gasteiger partial charge is 0.396 e. The number of carbonyl (C=O) groups is 1. The summed E-state index contributed by atoms with van der Waals surface area (Å²) >= 11 is 0. The SMILES string of the molecule is CCCNC1CC(CCCO)CN(CC(N)=O)C1. The molecule has 106 valence electrons. The Morgan fingerprint density at radius 1 is 1.50 bits per heavy atom. The smallest absolute Gasteiger partial charge is 0.231 e. The molecule has 4 N–H and O–H groups in total. The number of hydrogen-bond acceptors (Lipinski definition) is 4. The molecule has 0 radical (unpaired) electrons. The van der Waals surface area contributed by atoms with Crippen LogP contribution < -0.4 is 11.1 Å². The standard InChI is InChI=1S/C13H27N3O2/c1-2-5-15-12-7-11(4-3-6-17)8-16(9-12)10-13(14)18/h11-12,15,17H,2-10H2,1H3,(H2,14,18). The van der Waals surface area contributed by atoms with Crippen LogP contribution in [0.3, 0.4) is 0 Å². The van der Waals surface area contributed by atoms with Gasteiger partial charge in [-0.05, 0) is 38.1 Å². The van der Waals surface area contributed by atoms with E-state index in [9.17, 15) is 4.79 Å². The van der Waals surface area contributed by atoms with Gasteiger partial charge in [0.15, 0.2) is 0 Å². The first kappa shape index (κ1) is 15.4. The second-order valence-corrected chi connectivity index (χ2v) is 5.28. The van der Waals surface area contributed by atoms with Gasteiger partial charge in [-0.1, -0.05) is 6.92 Å². The first-order chi connectivity index (χ1) is 8.65. The molecule has 0 aromatic rings. The van der Waals surface area contributed by atoms with E-state index in [2.05, 4.69) is 17.1 Å². The van der Waals surface area contributed by atoms with Crippen molar-refractivity contribution >= 4 is 5.91 Å². The van der Waals surface area contributed by atoms with Crippen LogP contribution in [0.25, 0.3) is 0 Å². The summed E-state index contributed by atoms with van der Waals surface area (Å²) in [6.45, 7) is 5.59. The zero-order valence-electron chi connectivity index (χ0n) is 11.4. The van der Waals surface area contributed by atoms with Crippen molar-refractivity contribution in [1.82, 2.24) is 10.2 Å². The van der Waals surface area contributed by atoms with E-state index in [0.29, 0.717) is 18.5 Å². The van der Waals surface area contributed by atoms with E-state index in [0.717, 1.165) is 45.3 Å². The zero-order valence-corrected chi connectivity index (χ0v) is 11.4. The lowest BCUT2D eigenvalue weighted by atomic mass is 9.90. The molecule has 2 atom stereocenters. The quantitative estimate of drug-likeness (QED) is 0.569. The maximum absolute atomic E-state index is 11.0. The minimum Gasteiger partial charge on any atom is -0.396 e. The van der Waals surface area contributed by atoms with Gasteiger partial charge in [0.1, 0.15) is 0 Å². The lowest BCUT2D eigenvalue weighted by molar-refractivity contribution is -0.119. The number of piperidine rings is 1. The van der Waals surface area contributed by atoms with Gasteiger partial charge in [0.05, 0.1) is 6.54 Å². The molecule has 0 spiro atoms. The van der Waals surface area contributed by atoms with Crippen LogP contribution in [0.4, 0.5) is 0 Å². The fourth-order valence-electron chi connectivity index (χ4n) is 2.74. The summed E-state index contributed by atoms with van der Waals surface area (Å²) in [6, 6.07) is 0.446. The molecule has 18 heavy (non-hydrogen) atoms. The Hall–Kier alpha value is -0.650. The highest BCUT2D eigenvalue weighted by Crippen LogP contribution is 2.21. The van der Waals surface area contributed by atoms with Gasteiger partial charge in [-0.15, -0.1) is 0 Å². The van der Waals surface area contributed by atoms with Gasteiger partial charge in [0.2, 0.25) is 5.91 Å². The number of nitrogens with one attached hydrogen (secondary N) is 1. The first-order valence-corrected chi connectivity index (χ1v) is 7.00. The van der Waals surface area contributed by atoms with Gasteiger partial charge < -0.3 is 16.2 Å². The Labute approximate surface area is 110 Å². The third-order valence-electron chi connectivity index (χ3n) is 3.45. The molecule has 1 aliphatic heterocycles. The maximum atomic E-state index is 11.0. The van der Waals surface area contributed by atoms with E-state index in [1.54, 1.807) is 0 Å². The summed E-state index contributed by atoms with van der Waals surface area (Å²) in [5.74, 6) is 0.298. The molecular weight excluding hydrogens is 230 g/mol. The predicted molar refractivity (Wildman–Crippen MR) is 72.1 cm³/mol. The third kappa shape index (κ3) is 5.80. The Morgan fingerprint density at radius 3 is 2.89 bits per heavy atom. The van der Waals surface area contributed by atoms with Crippen molar-refractivity contribution in [2.24, 2.45) is 11.7 Å². The lowest BCUT2D eigenvalue weighted by Gasteiger charge is -2.37. The van der Waals surface area contributed by atoms with Crippen molar-refractivity contribution in [3.05, 3.63) is 0 Å². The second-order valence-electron chi connectivity index (χ2n) is 5.28. The molecule has 0 aliphatic carbocycles. The molecule has 1 rings (SSSR count). The van der Waals surface area contributed by atoms with E-state index in [1.807, 2.05) is 0 Å². The number of rotatable bonds is 8. The average molecular weight is 257 g/mol. The number of likely N-dealkylation sites (tertiary alicyclic amines) is 1. The van der Waals surface area contributed by atoms with Crippen LogP contribution in [-0.4, -0.2) is 54.7 Å². The van der Waals surface area contributed by atoms with Crippen LogP contribution >= 0.6 is 0 Å². The molecule has 1 amide bonds. The number of primary amides is 1. The van der Waals surface area contributed by atoms with Crippen molar-refractivity contribution in [3.63, 3.8) is 0 Å². The Kier molecular flexibility index (Phi) is 7.23. The number of nitrogens with two attached hydrogens (primary N) is 1. The van der Waals surface area contributed by atoms with E-state index in [1.165, 1.54) is 0 Å². The Bertz CT molecular complexity index is 232. The van der Waals surface area contributed by atoms with Gasteiger partial charge in [-0.2, -0.15) is 0 Å². The molecule has 1 heterocycles. The summed E-state index contributed by atoms with van der Waals surface area (Å²) in [7, 11) is 0. The minimum absolute atomic E-state index is 0.249. The molecule has 2 unspecified atom stereocenters. The lowest BCUT2D eigenvalue weighted by Crippen LogP contribution is -2.51. The normalized spacial score (nSPS) is 25.2. The number of aliphatic hydroxyl groups is 1. The number of carbonyl (C=O) groups excluding carboxylic acids is 1. The summed E-state index contributed by atoms with van der Waals surface area (Å²) in [5, 5.41) is 12.4. The summed E-state index contributed by atoms with van der Waals surface area (Å²) < 4.78 is 0. The molecular formula is C13H27N3O2. The Morgan fingerprint density at radius 2 is 2.28 bits per heavy atom. The van der Waals surface area contributed by atoms with Crippen molar-refractivity contribution in [2.75, 3.05) is 32.8 Å². The van der Waals surface area contributed by atoms with Crippen molar-refractivity contribution in [3.8, 4) is 0 Å². The van der Waals surface area contributed by atoms with Crippen molar-refractivity contribution in [2.45, 2.75) is 38.6 Å². The number of amides is 1. The molecule has 0 aromatic heterocycles. The van der Waals surface area contributed by atoms with Gasteiger partial charge in [0.25, 0.3) is 0 Å². The van der Waals surface area contributed by atoms with Crippen LogP contribution in [0.5, 0.6) is 0 Å². The van der Waals surface area contributed by atoms with Crippen LogP contribution in [0, 0.1) is 5.92 Å². The number of hydrogen-bond donors (Lipinski definition) is 3. The first-order valence-electron chi connectivity index (χ1n) is 7.00. The van der Waals surface area contributed by atoms with Gasteiger partial charge >= 0.3 is 0 Å². The van der Waals surface area contributed by atoms with E-state index in [-0.39, 0.29) is 12.5 Å². The van der Waals surface area contributed by atoms with Crippen LogP contribution in [-0.2, 0) is 4.79 Å². The molecule has 0 aromatic carbocycles. The number of nitrogens with zero attached hydrogens (tertiary/aromatic N) is 1. The minimum atomic E-state index is -0.257. The van der Waals surface area contributed by atoms with Crippen molar-refractivity contribution < 1.29 is 9.90 Å². The van der Waals surface area contributed by atoms with E-state index in [4.69, 9.17) is 10.8 Å². The topological polar surface area (TPSA) is 78.6 Å². The monoisotopic (exact) mass is 257 g/mol. The predicted octanol–water partition coefficient (Wildman–Crippen LogP) is -0.0657. The molecule has 1 saturated heterocycles. The Balaban J connectivity index is 2.45. The van der Waals surface area contributed by atoms with Crippen molar-refractivity contribution in [1.29, 1.82) is 0 Å². The van der Waals surface area contributed by atoms with Gasteiger partial charge in [-0.3, -0.25) is 9.69 Å². The molecule has 0 bridgehead atoms. The highest BCUT2D eigenvalue weighted by Gasteiger charge is 2.27. The molecule has 5 nitrogen and oxygen atoms in total. The highest BCUT2D eigenvalue weighted by molar-refractivity contribution is 5.75. The fourth-order valence-corrected chi connectivity index (χ4v) is 2.74. The van der Waals surface area contributed by atoms with Crippen LogP contribution in [0.15, 0.2) is 0 Å². The summed E-state index contributed by atoms with van der Waals surface area (Å²) in [6.07, 6.45) is 4.12. The fraction of sp³-hybridized carbons (Fsp3) is 0.923. The van der Waals surface area contributed by atoms with Gasteiger partial charge in [-0.25, -0.2) is 0 Å². The molecule has 1 fully saturated rings. The van der Waals surface area contributed by atoms with E-state index >= 15 is 0 Å². The highest BCUT2D eigenvalue weighted by atomic mass is 16.2. The van der Waals surface area contributed by atoms with Crippen LogP contribution in [0.2, 0.25) is 0 Å². The van der Waals surface area contributed by atoms with Gasteiger partial charge in [0, 0.05) is 25.7 Å². The summed E-state index contributed by atoms with van der Waals surface area (Å²) in [5.41, 5.74) is 5.27. The third-order valence-corrected chi connectivity index (χ3v) is 3.45. The molecule has 0 saturated carbocycles. The zero-order chi connectivity index (χ0) is 13.4. The summed E-state index contributed by atoms with van der Waals surface area (Å²) in [4.78, 5) is 13.2. The average Bonchev–Trinajstić information content (AvgIpc) is 2.33. The van der Waals surface area contributed by atoms with Crippen LogP contribution in [0.1, 0.15) is 32.6 Å². The second kappa shape index (κ2) is 8.45. The number of aliphatic hydroxyl groups excluding tert-OH is 1. The molecule has 5 heteroatoms.